The van der Waals surface area contributed by atoms with Gasteiger partial charge in [-0.25, -0.2) is 4.98 Å². The number of nitrogens with one attached hydrogen (secondary N) is 1. The van der Waals surface area contributed by atoms with Crippen LogP contribution >= 0.6 is 11.3 Å². The van der Waals surface area contributed by atoms with E-state index >= 15 is 0 Å². The number of anilines is 1. The molecule has 0 aliphatic rings. The van der Waals surface area contributed by atoms with Crippen LogP contribution in [0.15, 0.2) is 21.9 Å². The number of hydrogen-bond acceptors (Lipinski definition) is 5. The van der Waals surface area contributed by atoms with Crippen LogP contribution in [-0.4, -0.2) is 19.1 Å². The van der Waals surface area contributed by atoms with Crippen molar-refractivity contribution in [2.24, 2.45) is 0 Å². The second kappa shape index (κ2) is 6.21. The first-order chi connectivity index (χ1) is 9.10. The fourth-order valence-corrected chi connectivity index (χ4v) is 2.52. The van der Waals surface area contributed by atoms with Gasteiger partial charge >= 0.3 is 0 Å². The van der Waals surface area contributed by atoms with Crippen LogP contribution in [0.5, 0.6) is 0 Å². The van der Waals surface area contributed by atoms with Crippen LogP contribution < -0.4 is 10.2 Å². The lowest BCUT2D eigenvalue weighted by Crippen LogP contribution is -2.18. The lowest BCUT2D eigenvalue weighted by molar-refractivity contribution is 0.407. The molecule has 0 spiro atoms. The predicted octanol–water partition coefficient (Wildman–Crippen LogP) is 3.22. The molecule has 2 aromatic rings. The summed E-state index contributed by atoms with van der Waals surface area (Å²) in [6, 6.07) is 4.29. The molecular formula is C14H21N3OS. The minimum atomic E-state index is 0.199. The number of nitrogens with zero attached hydrogens (tertiary/aromatic N) is 2. The van der Waals surface area contributed by atoms with Crippen molar-refractivity contribution in [2.45, 2.75) is 32.9 Å². The monoisotopic (exact) mass is 279 g/mol. The van der Waals surface area contributed by atoms with E-state index in [1.165, 1.54) is 0 Å². The van der Waals surface area contributed by atoms with E-state index in [1.54, 1.807) is 11.3 Å². The van der Waals surface area contributed by atoms with Crippen molar-refractivity contribution in [3.63, 3.8) is 0 Å². The van der Waals surface area contributed by atoms with Gasteiger partial charge in [-0.05, 0) is 19.1 Å². The largest absolute Gasteiger partial charge is 0.464 e. The Kier molecular flexibility index (Phi) is 4.61. The number of aryl methyl sites for hydroxylation is 1. The lowest BCUT2D eigenvalue weighted by Gasteiger charge is -2.10. The molecule has 2 aromatic heterocycles. The van der Waals surface area contributed by atoms with E-state index in [1.807, 2.05) is 31.1 Å². The van der Waals surface area contributed by atoms with Crippen LogP contribution in [0.25, 0.3) is 0 Å². The van der Waals surface area contributed by atoms with E-state index in [0.29, 0.717) is 0 Å². The van der Waals surface area contributed by atoms with Crippen molar-refractivity contribution in [1.82, 2.24) is 10.3 Å². The van der Waals surface area contributed by atoms with E-state index in [0.717, 1.165) is 35.3 Å². The van der Waals surface area contributed by atoms with Crippen LogP contribution in [0, 0.1) is 0 Å². The molecule has 0 unspecified atom stereocenters. The number of furan rings is 1. The van der Waals surface area contributed by atoms with Gasteiger partial charge in [0.2, 0.25) is 0 Å². The highest BCUT2D eigenvalue weighted by atomic mass is 32.1. The maximum absolute atomic E-state index is 5.74. The zero-order chi connectivity index (χ0) is 13.8. The van der Waals surface area contributed by atoms with Gasteiger partial charge < -0.3 is 14.6 Å². The van der Waals surface area contributed by atoms with Crippen molar-refractivity contribution in [3.05, 3.63) is 34.7 Å². The molecular weight excluding hydrogens is 258 g/mol. The Labute approximate surface area is 118 Å². The topological polar surface area (TPSA) is 41.3 Å². The van der Waals surface area contributed by atoms with Gasteiger partial charge in [0.05, 0.1) is 11.7 Å². The van der Waals surface area contributed by atoms with Crippen LogP contribution in [0.2, 0.25) is 0 Å². The predicted molar refractivity (Wildman–Crippen MR) is 79.8 cm³/mol. The molecule has 0 aromatic carbocycles. The van der Waals surface area contributed by atoms with E-state index in [9.17, 15) is 0 Å². The molecule has 0 radical (unpaired) electrons. The normalized spacial score (nSPS) is 12.6. The lowest BCUT2D eigenvalue weighted by atomic mass is 10.2. The number of hydrogen-bond donors (Lipinski definition) is 1. The van der Waals surface area contributed by atoms with Crippen LogP contribution in [-0.2, 0) is 13.0 Å². The molecule has 0 bridgehead atoms. The van der Waals surface area contributed by atoms with Crippen LogP contribution in [0.1, 0.15) is 37.1 Å². The summed E-state index contributed by atoms with van der Waals surface area (Å²) < 4.78 is 5.74. The fraction of sp³-hybridized carbons (Fsp3) is 0.500. The summed E-state index contributed by atoms with van der Waals surface area (Å²) in [6.07, 6.45) is 0.936. The molecule has 5 heteroatoms. The van der Waals surface area contributed by atoms with Gasteiger partial charge in [0.25, 0.3) is 0 Å². The molecule has 0 aliphatic heterocycles. The van der Waals surface area contributed by atoms with Gasteiger partial charge in [-0.2, -0.15) is 0 Å². The van der Waals surface area contributed by atoms with E-state index in [2.05, 4.69) is 29.5 Å². The molecule has 104 valence electrons. The average Bonchev–Trinajstić information content (AvgIpc) is 3.04. The van der Waals surface area contributed by atoms with Gasteiger partial charge in [-0.3, -0.25) is 0 Å². The highest BCUT2D eigenvalue weighted by molar-refractivity contribution is 7.13. The zero-order valence-corrected chi connectivity index (χ0v) is 12.8. The Bertz CT molecular complexity index is 518. The molecule has 2 heterocycles. The minimum Gasteiger partial charge on any atom is -0.464 e. The molecule has 2 rings (SSSR count). The van der Waals surface area contributed by atoms with Crippen LogP contribution in [0.3, 0.4) is 0 Å². The summed E-state index contributed by atoms with van der Waals surface area (Å²) in [5.41, 5.74) is 1.07. The number of rotatable bonds is 6. The maximum Gasteiger partial charge on any atom is 0.185 e. The van der Waals surface area contributed by atoms with Gasteiger partial charge in [-0.15, -0.1) is 11.3 Å². The van der Waals surface area contributed by atoms with Gasteiger partial charge in [-0.1, -0.05) is 6.92 Å². The Morgan fingerprint density at radius 1 is 1.42 bits per heavy atom. The first-order valence-corrected chi connectivity index (χ1v) is 7.41. The Morgan fingerprint density at radius 3 is 2.79 bits per heavy atom. The summed E-state index contributed by atoms with van der Waals surface area (Å²) in [7, 11) is 4.02. The summed E-state index contributed by atoms with van der Waals surface area (Å²) in [4.78, 5) is 6.57. The second-order valence-corrected chi connectivity index (χ2v) is 5.61. The fourth-order valence-electron chi connectivity index (χ4n) is 1.76. The minimum absolute atomic E-state index is 0.199. The molecule has 0 aliphatic carbocycles. The summed E-state index contributed by atoms with van der Waals surface area (Å²) in [6.45, 7) is 4.96. The van der Waals surface area contributed by atoms with Crippen molar-refractivity contribution in [3.8, 4) is 0 Å². The first-order valence-electron chi connectivity index (χ1n) is 6.54. The van der Waals surface area contributed by atoms with Gasteiger partial charge in [0.1, 0.15) is 11.5 Å². The zero-order valence-electron chi connectivity index (χ0n) is 11.9. The molecule has 1 atom stereocenters. The molecule has 0 fully saturated rings. The van der Waals surface area contributed by atoms with E-state index < -0.39 is 0 Å². The second-order valence-electron chi connectivity index (χ2n) is 4.78. The van der Waals surface area contributed by atoms with Crippen LogP contribution in [0.4, 0.5) is 5.13 Å². The van der Waals surface area contributed by atoms with Crippen molar-refractivity contribution in [2.75, 3.05) is 19.0 Å². The Hall–Kier alpha value is -1.33. The Balaban J connectivity index is 1.90. The van der Waals surface area contributed by atoms with Crippen molar-refractivity contribution >= 4 is 16.5 Å². The van der Waals surface area contributed by atoms with E-state index in [4.69, 9.17) is 4.42 Å². The Morgan fingerprint density at radius 2 is 2.21 bits per heavy atom. The molecule has 1 N–H and O–H groups in total. The summed E-state index contributed by atoms with van der Waals surface area (Å²) >= 11 is 1.66. The third-order valence-electron chi connectivity index (χ3n) is 2.97. The number of thiazole rings is 1. The molecule has 19 heavy (non-hydrogen) atoms. The van der Waals surface area contributed by atoms with Crippen molar-refractivity contribution < 1.29 is 4.42 Å². The molecule has 0 saturated heterocycles. The smallest absolute Gasteiger partial charge is 0.185 e. The van der Waals surface area contributed by atoms with Gasteiger partial charge in [0, 0.05) is 32.4 Å². The number of aromatic nitrogens is 1. The molecule has 0 saturated carbocycles. The van der Waals surface area contributed by atoms with Crippen molar-refractivity contribution in [1.29, 1.82) is 0 Å². The summed E-state index contributed by atoms with van der Waals surface area (Å²) in [5.74, 6) is 2.02. The van der Waals surface area contributed by atoms with Gasteiger partial charge in [0.15, 0.2) is 5.13 Å². The molecule has 0 amide bonds. The third kappa shape index (κ3) is 3.58. The SMILES string of the molecule is CCc1ccc([C@@H](C)NCc2csc(N(C)C)n2)o1. The van der Waals surface area contributed by atoms with E-state index in [-0.39, 0.29) is 6.04 Å². The first kappa shape index (κ1) is 14.1. The molecule has 4 nitrogen and oxygen atoms in total. The average molecular weight is 279 g/mol. The highest BCUT2D eigenvalue weighted by Crippen LogP contribution is 2.20. The standard InChI is InChI=1S/C14H21N3OS/c1-5-12-6-7-13(18-12)10(2)15-8-11-9-19-14(16-11)17(3)4/h6-7,9-10,15H,5,8H2,1-4H3/t10-/m1/s1. The quantitative estimate of drug-likeness (QED) is 0.881. The highest BCUT2D eigenvalue weighted by Gasteiger charge is 2.11. The third-order valence-corrected chi connectivity index (χ3v) is 4.03. The maximum atomic E-state index is 5.74. The summed E-state index contributed by atoms with van der Waals surface area (Å²) in [5, 5.41) is 6.57.